The summed E-state index contributed by atoms with van der Waals surface area (Å²) in [5.74, 6) is 0.271. The van der Waals surface area contributed by atoms with Crippen molar-refractivity contribution in [2.75, 3.05) is 39.4 Å². The molecule has 0 radical (unpaired) electrons. The fourth-order valence-corrected chi connectivity index (χ4v) is 3.10. The number of ketones is 1. The number of amides is 1. The zero-order chi connectivity index (χ0) is 19.6. The first kappa shape index (κ1) is 18.6. The predicted molar refractivity (Wildman–Crippen MR) is 99.5 cm³/mol. The first-order valence-corrected chi connectivity index (χ1v) is 8.40. The molecule has 0 saturated carbocycles. The normalized spacial score (nSPS) is 12.8. The van der Waals surface area contributed by atoms with E-state index < -0.39 is 11.7 Å². The van der Waals surface area contributed by atoms with Gasteiger partial charge in [-0.1, -0.05) is 12.1 Å². The fourth-order valence-electron chi connectivity index (χ4n) is 3.10. The van der Waals surface area contributed by atoms with Gasteiger partial charge in [-0.05, 0) is 24.6 Å². The largest absolute Gasteiger partial charge is 0.493 e. The molecule has 142 valence electrons. The number of fused-ring (bicyclic) bond motifs is 1. The number of hydrogen-bond acceptors (Lipinski definition) is 6. The Bertz CT molecular complexity index is 892. The van der Waals surface area contributed by atoms with Crippen molar-refractivity contribution in [2.24, 2.45) is 0 Å². The van der Waals surface area contributed by atoms with Gasteiger partial charge in [-0.15, -0.1) is 0 Å². The summed E-state index contributed by atoms with van der Waals surface area (Å²) in [6.07, 6.45) is 0. The first-order valence-electron chi connectivity index (χ1n) is 8.40. The lowest BCUT2D eigenvalue weighted by Gasteiger charge is -2.19. The molecule has 0 bridgehead atoms. The van der Waals surface area contributed by atoms with Crippen molar-refractivity contribution in [3.05, 3.63) is 41.5 Å². The molecule has 0 aliphatic carbocycles. The summed E-state index contributed by atoms with van der Waals surface area (Å²) < 4.78 is 21.7. The Morgan fingerprint density at radius 1 is 0.963 bits per heavy atom. The van der Waals surface area contributed by atoms with Crippen molar-refractivity contribution in [1.29, 1.82) is 0 Å². The zero-order valence-corrected chi connectivity index (χ0v) is 15.7. The van der Waals surface area contributed by atoms with Gasteiger partial charge in [0.15, 0.2) is 11.5 Å². The molecule has 0 unspecified atom stereocenters. The molecule has 0 saturated heterocycles. The van der Waals surface area contributed by atoms with Crippen LogP contribution in [0.15, 0.2) is 30.3 Å². The van der Waals surface area contributed by atoms with E-state index in [0.717, 1.165) is 5.56 Å². The minimum atomic E-state index is -0.640. The Labute approximate surface area is 157 Å². The summed E-state index contributed by atoms with van der Waals surface area (Å²) in [6.45, 7) is 2.42. The number of carbonyl (C=O) groups is 2. The van der Waals surface area contributed by atoms with E-state index in [-0.39, 0.29) is 30.2 Å². The Balaban J connectivity index is 1.89. The smallest absolute Gasteiger partial charge is 0.299 e. The molecule has 0 atom stereocenters. The van der Waals surface area contributed by atoms with Crippen LogP contribution in [0.2, 0.25) is 0 Å². The average Bonchev–Trinajstić information content (AvgIpc) is 2.91. The van der Waals surface area contributed by atoms with Crippen LogP contribution in [0.3, 0.4) is 0 Å². The minimum absolute atomic E-state index is 0.177. The molecule has 0 aromatic heterocycles. The highest BCUT2D eigenvalue weighted by Gasteiger charge is 2.41. The first-order chi connectivity index (χ1) is 13.0. The molecule has 2 aromatic rings. The summed E-state index contributed by atoms with van der Waals surface area (Å²) >= 11 is 0. The second-order valence-corrected chi connectivity index (χ2v) is 5.99. The molecule has 1 heterocycles. The Morgan fingerprint density at radius 2 is 1.70 bits per heavy atom. The number of methoxy groups -OCH3 is 3. The second kappa shape index (κ2) is 7.57. The van der Waals surface area contributed by atoms with E-state index in [1.54, 1.807) is 6.07 Å². The van der Waals surface area contributed by atoms with Crippen molar-refractivity contribution < 1.29 is 28.5 Å². The van der Waals surface area contributed by atoms with Gasteiger partial charge in [0.2, 0.25) is 5.75 Å². The van der Waals surface area contributed by atoms with Crippen molar-refractivity contribution >= 4 is 17.4 Å². The summed E-state index contributed by atoms with van der Waals surface area (Å²) in [5, 5.41) is 0. The molecule has 1 amide bonds. The fraction of sp³-hybridized carbons (Fsp3) is 0.300. The number of ether oxygens (including phenoxy) is 4. The summed E-state index contributed by atoms with van der Waals surface area (Å²) in [6, 6.07) is 9.22. The number of nitrogens with zero attached hydrogens (tertiary/aromatic N) is 1. The predicted octanol–water partition coefficient (Wildman–Crippen LogP) is 2.63. The van der Waals surface area contributed by atoms with E-state index in [4.69, 9.17) is 18.9 Å². The Hall–Kier alpha value is -3.22. The van der Waals surface area contributed by atoms with Crippen LogP contribution in [0.1, 0.15) is 15.9 Å². The number of hydrogen-bond donors (Lipinski definition) is 0. The van der Waals surface area contributed by atoms with E-state index in [2.05, 4.69) is 0 Å². The van der Waals surface area contributed by atoms with E-state index in [1.807, 2.05) is 31.2 Å². The summed E-state index contributed by atoms with van der Waals surface area (Å²) in [4.78, 5) is 26.4. The van der Waals surface area contributed by atoms with E-state index in [9.17, 15) is 9.59 Å². The van der Waals surface area contributed by atoms with Gasteiger partial charge in [0, 0.05) is 6.07 Å². The van der Waals surface area contributed by atoms with Crippen molar-refractivity contribution in [3.63, 3.8) is 0 Å². The van der Waals surface area contributed by atoms with Crippen molar-refractivity contribution in [3.8, 4) is 23.0 Å². The third kappa shape index (κ3) is 3.28. The molecular weight excluding hydrogens is 350 g/mol. The van der Waals surface area contributed by atoms with Crippen LogP contribution in [0.4, 0.5) is 5.69 Å². The number of anilines is 1. The van der Waals surface area contributed by atoms with Gasteiger partial charge >= 0.3 is 0 Å². The van der Waals surface area contributed by atoms with Crippen LogP contribution in [0, 0.1) is 6.92 Å². The highest BCUT2D eigenvalue weighted by Crippen LogP contribution is 2.47. The number of aryl methyl sites for hydroxylation is 1. The maximum Gasteiger partial charge on any atom is 0.299 e. The molecule has 1 aliphatic heterocycles. The third-order valence-electron chi connectivity index (χ3n) is 4.34. The molecule has 2 aromatic carbocycles. The maximum absolute atomic E-state index is 12.5. The van der Waals surface area contributed by atoms with E-state index >= 15 is 0 Å². The standard InChI is InChI=1S/C20H21NO6/c1-12-6-5-7-13(10-12)27-9-8-21-14-11-15(24-2)18(25-3)19(26-4)16(14)17(22)20(21)23/h5-7,10-11H,8-9H2,1-4H3. The second-order valence-electron chi connectivity index (χ2n) is 5.99. The van der Waals surface area contributed by atoms with E-state index in [1.165, 1.54) is 26.2 Å². The summed E-state index contributed by atoms with van der Waals surface area (Å²) in [5.41, 5.74) is 1.68. The molecule has 7 heteroatoms. The van der Waals surface area contributed by atoms with Crippen LogP contribution < -0.4 is 23.8 Å². The van der Waals surface area contributed by atoms with Crippen LogP contribution in [-0.2, 0) is 4.79 Å². The topological polar surface area (TPSA) is 74.3 Å². The molecular formula is C20H21NO6. The molecule has 7 nitrogen and oxygen atoms in total. The lowest BCUT2D eigenvalue weighted by Crippen LogP contribution is -2.33. The van der Waals surface area contributed by atoms with Gasteiger partial charge in [0.25, 0.3) is 11.7 Å². The zero-order valence-electron chi connectivity index (χ0n) is 15.7. The Morgan fingerprint density at radius 3 is 2.33 bits per heavy atom. The molecule has 0 spiro atoms. The van der Waals surface area contributed by atoms with Gasteiger partial charge in [0.05, 0.1) is 39.1 Å². The van der Waals surface area contributed by atoms with Gasteiger partial charge < -0.3 is 23.8 Å². The van der Waals surface area contributed by atoms with Crippen molar-refractivity contribution in [1.82, 2.24) is 0 Å². The molecule has 1 aliphatic rings. The molecule has 27 heavy (non-hydrogen) atoms. The van der Waals surface area contributed by atoms with Gasteiger partial charge in [-0.3, -0.25) is 9.59 Å². The van der Waals surface area contributed by atoms with Gasteiger partial charge in [-0.2, -0.15) is 0 Å². The van der Waals surface area contributed by atoms with Crippen LogP contribution in [0.25, 0.3) is 0 Å². The highest BCUT2D eigenvalue weighted by molar-refractivity contribution is 6.53. The maximum atomic E-state index is 12.5. The number of Topliss-reactive ketones (excluding diaryl/α,β-unsaturated/α-hetero) is 1. The minimum Gasteiger partial charge on any atom is -0.493 e. The molecule has 3 rings (SSSR count). The lowest BCUT2D eigenvalue weighted by molar-refractivity contribution is -0.114. The van der Waals surface area contributed by atoms with Crippen molar-refractivity contribution in [2.45, 2.75) is 6.92 Å². The monoisotopic (exact) mass is 371 g/mol. The average molecular weight is 371 g/mol. The summed E-state index contributed by atoms with van der Waals surface area (Å²) in [7, 11) is 4.34. The third-order valence-corrected chi connectivity index (χ3v) is 4.34. The van der Waals surface area contributed by atoms with Crippen LogP contribution >= 0.6 is 0 Å². The quantitative estimate of drug-likeness (QED) is 0.697. The number of benzene rings is 2. The number of rotatable bonds is 7. The highest BCUT2D eigenvalue weighted by atomic mass is 16.5. The molecule has 0 N–H and O–H groups in total. The van der Waals surface area contributed by atoms with Crippen LogP contribution in [-0.4, -0.2) is 46.2 Å². The van der Waals surface area contributed by atoms with Crippen LogP contribution in [0.5, 0.6) is 23.0 Å². The SMILES string of the molecule is COc1cc2c(c(OC)c1OC)C(=O)C(=O)N2CCOc1cccc(C)c1. The number of carbonyl (C=O) groups excluding carboxylic acids is 2. The van der Waals surface area contributed by atoms with Gasteiger partial charge in [-0.25, -0.2) is 0 Å². The van der Waals surface area contributed by atoms with Gasteiger partial charge in [0.1, 0.15) is 12.4 Å². The molecule has 0 fully saturated rings. The lowest BCUT2D eigenvalue weighted by atomic mass is 10.1. The Kier molecular flexibility index (Phi) is 5.21. The van der Waals surface area contributed by atoms with E-state index in [0.29, 0.717) is 17.2 Å².